The summed E-state index contributed by atoms with van der Waals surface area (Å²) in [5, 5.41) is 0. The van der Waals surface area contributed by atoms with Gasteiger partial charge in [0.1, 0.15) is 5.82 Å². The highest BCUT2D eigenvalue weighted by molar-refractivity contribution is 6.22. The molecule has 144 valence electrons. The standard InChI is InChI=1S/C20H20N4O4/c25-19-12-15(22-7-9-23(10-8-22)18-3-1-2-6-21-18)20(26)24(19)14-4-5-16-17(11-14)28-13-27-16/h1-6,11,15H,7-10,12-13H2/t15-/m1/s1. The highest BCUT2D eigenvalue weighted by Gasteiger charge is 2.43. The van der Waals surface area contributed by atoms with E-state index in [4.69, 9.17) is 9.47 Å². The number of piperazine rings is 1. The number of carbonyl (C=O) groups is 2. The number of fused-ring (bicyclic) bond motifs is 1. The third kappa shape index (κ3) is 2.86. The Bertz CT molecular complexity index is 912. The Labute approximate surface area is 162 Å². The van der Waals surface area contributed by atoms with Crippen LogP contribution >= 0.6 is 0 Å². The van der Waals surface area contributed by atoms with Crippen LogP contribution in [-0.4, -0.2) is 60.7 Å². The van der Waals surface area contributed by atoms with Crippen molar-refractivity contribution in [2.45, 2.75) is 12.5 Å². The average molecular weight is 380 g/mol. The molecule has 2 aromatic rings. The molecule has 0 spiro atoms. The maximum absolute atomic E-state index is 13.0. The minimum absolute atomic E-state index is 0.157. The molecule has 0 N–H and O–H groups in total. The third-order valence-electron chi connectivity index (χ3n) is 5.47. The number of benzene rings is 1. The Morgan fingerprint density at radius 1 is 0.964 bits per heavy atom. The third-order valence-corrected chi connectivity index (χ3v) is 5.47. The smallest absolute Gasteiger partial charge is 0.251 e. The molecule has 8 heteroatoms. The summed E-state index contributed by atoms with van der Waals surface area (Å²) in [5.41, 5.74) is 0.536. The zero-order chi connectivity index (χ0) is 19.1. The largest absolute Gasteiger partial charge is 0.454 e. The monoisotopic (exact) mass is 380 g/mol. The number of hydrogen-bond donors (Lipinski definition) is 0. The molecule has 5 rings (SSSR count). The van der Waals surface area contributed by atoms with Crippen LogP contribution in [0.5, 0.6) is 11.5 Å². The van der Waals surface area contributed by atoms with Gasteiger partial charge >= 0.3 is 0 Å². The molecule has 0 radical (unpaired) electrons. The van der Waals surface area contributed by atoms with E-state index in [1.54, 1.807) is 24.4 Å². The van der Waals surface area contributed by atoms with Crippen LogP contribution in [0.3, 0.4) is 0 Å². The van der Waals surface area contributed by atoms with E-state index in [2.05, 4.69) is 14.8 Å². The molecule has 1 aromatic carbocycles. The lowest BCUT2D eigenvalue weighted by Gasteiger charge is -2.37. The summed E-state index contributed by atoms with van der Waals surface area (Å²) in [7, 11) is 0. The number of amides is 2. The Kier molecular flexibility index (Phi) is 4.12. The average Bonchev–Trinajstić information content (AvgIpc) is 3.32. The summed E-state index contributed by atoms with van der Waals surface area (Å²) in [6.45, 7) is 3.15. The molecule has 4 heterocycles. The molecule has 0 saturated carbocycles. The topological polar surface area (TPSA) is 75.2 Å². The van der Waals surface area contributed by atoms with Gasteiger partial charge in [-0.3, -0.25) is 14.5 Å². The summed E-state index contributed by atoms with van der Waals surface area (Å²) < 4.78 is 10.7. The number of carbonyl (C=O) groups excluding carboxylic acids is 2. The molecule has 8 nitrogen and oxygen atoms in total. The van der Waals surface area contributed by atoms with E-state index in [-0.39, 0.29) is 25.0 Å². The lowest BCUT2D eigenvalue weighted by Crippen LogP contribution is -2.52. The first-order chi connectivity index (χ1) is 13.7. The fourth-order valence-corrected chi connectivity index (χ4v) is 4.00. The van der Waals surface area contributed by atoms with Gasteiger partial charge in [0.25, 0.3) is 5.91 Å². The van der Waals surface area contributed by atoms with Crippen molar-refractivity contribution >= 4 is 23.3 Å². The lowest BCUT2D eigenvalue weighted by atomic mass is 10.1. The predicted octanol–water partition coefficient (Wildman–Crippen LogP) is 1.26. The van der Waals surface area contributed by atoms with Gasteiger partial charge in [-0.15, -0.1) is 0 Å². The number of anilines is 2. The minimum Gasteiger partial charge on any atom is -0.454 e. The van der Waals surface area contributed by atoms with Crippen molar-refractivity contribution in [2.24, 2.45) is 0 Å². The van der Waals surface area contributed by atoms with Crippen LogP contribution in [0.4, 0.5) is 11.5 Å². The van der Waals surface area contributed by atoms with Crippen molar-refractivity contribution in [1.82, 2.24) is 9.88 Å². The second kappa shape index (κ2) is 6.79. The van der Waals surface area contributed by atoms with Crippen molar-refractivity contribution in [3.05, 3.63) is 42.6 Å². The molecule has 1 atom stereocenters. The number of pyridine rings is 1. The molecule has 0 aliphatic carbocycles. The van der Waals surface area contributed by atoms with Gasteiger partial charge in [0.2, 0.25) is 12.7 Å². The van der Waals surface area contributed by atoms with E-state index in [9.17, 15) is 9.59 Å². The molecule has 3 aliphatic rings. The minimum atomic E-state index is -0.413. The fourth-order valence-electron chi connectivity index (χ4n) is 4.00. The Morgan fingerprint density at radius 2 is 1.79 bits per heavy atom. The van der Waals surface area contributed by atoms with Crippen molar-refractivity contribution < 1.29 is 19.1 Å². The molecule has 0 unspecified atom stereocenters. The summed E-state index contributed by atoms with van der Waals surface area (Å²) in [6, 6.07) is 10.6. The molecule has 2 saturated heterocycles. The van der Waals surface area contributed by atoms with Crippen molar-refractivity contribution in [3.8, 4) is 11.5 Å². The van der Waals surface area contributed by atoms with Gasteiger partial charge in [-0.2, -0.15) is 0 Å². The molecule has 28 heavy (non-hydrogen) atoms. The zero-order valence-electron chi connectivity index (χ0n) is 15.3. The van der Waals surface area contributed by atoms with E-state index < -0.39 is 6.04 Å². The highest BCUT2D eigenvalue weighted by Crippen LogP contribution is 2.37. The SMILES string of the molecule is O=C1C[C@@H](N2CCN(c3ccccn3)CC2)C(=O)N1c1ccc2c(c1)OCO2. The highest BCUT2D eigenvalue weighted by atomic mass is 16.7. The Morgan fingerprint density at radius 3 is 2.57 bits per heavy atom. The van der Waals surface area contributed by atoms with Gasteiger partial charge < -0.3 is 14.4 Å². The molecular weight excluding hydrogens is 360 g/mol. The number of imide groups is 1. The summed E-state index contributed by atoms with van der Waals surface area (Å²) >= 11 is 0. The van der Waals surface area contributed by atoms with Crippen LogP contribution in [0.2, 0.25) is 0 Å². The van der Waals surface area contributed by atoms with Gasteiger partial charge in [0, 0.05) is 38.4 Å². The van der Waals surface area contributed by atoms with Crippen LogP contribution < -0.4 is 19.3 Å². The number of rotatable bonds is 3. The van der Waals surface area contributed by atoms with Crippen molar-refractivity contribution in [1.29, 1.82) is 0 Å². The van der Waals surface area contributed by atoms with Gasteiger partial charge in [0.15, 0.2) is 11.5 Å². The van der Waals surface area contributed by atoms with Crippen LogP contribution in [0.25, 0.3) is 0 Å². The van der Waals surface area contributed by atoms with E-state index in [1.165, 1.54) is 4.90 Å². The maximum atomic E-state index is 13.0. The van der Waals surface area contributed by atoms with Crippen molar-refractivity contribution in [2.75, 3.05) is 42.8 Å². The number of ether oxygens (including phenoxy) is 2. The van der Waals surface area contributed by atoms with Crippen LogP contribution in [0, 0.1) is 0 Å². The number of aromatic nitrogens is 1. The number of nitrogens with zero attached hydrogens (tertiary/aromatic N) is 4. The summed E-state index contributed by atoms with van der Waals surface area (Å²) in [4.78, 5) is 35.6. The Hall–Kier alpha value is -3.13. The molecule has 1 aromatic heterocycles. The molecule has 2 fully saturated rings. The first-order valence-corrected chi connectivity index (χ1v) is 9.37. The summed E-state index contributed by atoms with van der Waals surface area (Å²) in [5.74, 6) is 1.78. The fraction of sp³-hybridized carbons (Fsp3) is 0.350. The van der Waals surface area contributed by atoms with E-state index in [0.717, 1.165) is 32.0 Å². The normalized spacial score (nSPS) is 22.2. The van der Waals surface area contributed by atoms with E-state index >= 15 is 0 Å². The second-order valence-electron chi connectivity index (χ2n) is 7.04. The maximum Gasteiger partial charge on any atom is 0.251 e. The van der Waals surface area contributed by atoms with Gasteiger partial charge in [-0.25, -0.2) is 9.88 Å². The van der Waals surface area contributed by atoms with Gasteiger partial charge in [-0.05, 0) is 24.3 Å². The number of hydrogen-bond acceptors (Lipinski definition) is 7. The molecule has 2 amide bonds. The second-order valence-corrected chi connectivity index (χ2v) is 7.04. The van der Waals surface area contributed by atoms with Gasteiger partial charge in [-0.1, -0.05) is 6.07 Å². The Balaban J connectivity index is 1.29. The lowest BCUT2D eigenvalue weighted by molar-refractivity contribution is -0.123. The molecular formula is C20H20N4O4. The van der Waals surface area contributed by atoms with Crippen LogP contribution in [-0.2, 0) is 9.59 Å². The first kappa shape index (κ1) is 17.0. The van der Waals surface area contributed by atoms with Gasteiger partial charge in [0.05, 0.1) is 18.2 Å². The van der Waals surface area contributed by atoms with E-state index in [1.807, 2.05) is 18.2 Å². The van der Waals surface area contributed by atoms with Crippen molar-refractivity contribution in [3.63, 3.8) is 0 Å². The predicted molar refractivity (Wildman–Crippen MR) is 101 cm³/mol. The molecule has 3 aliphatic heterocycles. The quantitative estimate of drug-likeness (QED) is 0.742. The zero-order valence-corrected chi connectivity index (χ0v) is 15.3. The summed E-state index contributed by atoms with van der Waals surface area (Å²) in [6.07, 6.45) is 1.99. The van der Waals surface area contributed by atoms with Crippen LogP contribution in [0.15, 0.2) is 42.6 Å². The van der Waals surface area contributed by atoms with Crippen LogP contribution in [0.1, 0.15) is 6.42 Å². The van der Waals surface area contributed by atoms with E-state index in [0.29, 0.717) is 17.2 Å². The first-order valence-electron chi connectivity index (χ1n) is 9.37. The molecule has 0 bridgehead atoms.